The van der Waals surface area contributed by atoms with Gasteiger partial charge in [-0.25, -0.2) is 4.99 Å². The summed E-state index contributed by atoms with van der Waals surface area (Å²) in [5.74, 6) is 1.80. The Morgan fingerprint density at radius 2 is 2.22 bits per heavy atom. The number of guanidine groups is 1. The molecule has 2 N–H and O–H groups in total. The molecule has 1 saturated heterocycles. The van der Waals surface area contributed by atoms with Crippen LogP contribution in [-0.2, 0) is 22.4 Å². The van der Waals surface area contributed by atoms with E-state index in [2.05, 4.69) is 33.1 Å². The first kappa shape index (κ1) is 19.9. The molecule has 6 nitrogen and oxygen atoms in total. The smallest absolute Gasteiger partial charge is 0.191 e. The number of hydrogen-bond donors (Lipinski definition) is 2. The van der Waals surface area contributed by atoms with Gasteiger partial charge in [0.2, 0.25) is 0 Å². The lowest BCUT2D eigenvalue weighted by Gasteiger charge is -2.13. The van der Waals surface area contributed by atoms with Crippen molar-refractivity contribution >= 4 is 17.3 Å². The number of ether oxygens (including phenoxy) is 2. The average Bonchev–Trinajstić information content (AvgIpc) is 3.45. The van der Waals surface area contributed by atoms with Crippen LogP contribution < -0.4 is 10.6 Å². The molecule has 0 spiro atoms. The van der Waals surface area contributed by atoms with Crippen molar-refractivity contribution in [1.29, 1.82) is 0 Å². The van der Waals surface area contributed by atoms with Crippen molar-refractivity contribution in [3.8, 4) is 0 Å². The summed E-state index contributed by atoms with van der Waals surface area (Å²) in [6, 6.07) is 8.06. The summed E-state index contributed by atoms with van der Waals surface area (Å²) in [4.78, 5) is 5.93. The van der Waals surface area contributed by atoms with Crippen molar-refractivity contribution in [3.63, 3.8) is 0 Å². The molecule has 3 rings (SSSR count). The molecule has 1 aliphatic heterocycles. The molecule has 1 fully saturated rings. The molecule has 0 aromatic carbocycles. The van der Waals surface area contributed by atoms with Crippen LogP contribution in [0.2, 0.25) is 0 Å². The minimum absolute atomic E-state index is 0.296. The van der Waals surface area contributed by atoms with Gasteiger partial charge in [-0.3, -0.25) is 0 Å². The number of thiophene rings is 1. The molecule has 2 aromatic heterocycles. The summed E-state index contributed by atoms with van der Waals surface area (Å²) in [5, 5.41) is 8.85. The van der Waals surface area contributed by atoms with E-state index in [0.717, 1.165) is 63.7 Å². The second-order valence-corrected chi connectivity index (χ2v) is 7.52. The highest BCUT2D eigenvalue weighted by molar-refractivity contribution is 7.09. The largest absolute Gasteiger partial charge is 0.469 e. The van der Waals surface area contributed by atoms with Gasteiger partial charge in [-0.15, -0.1) is 11.3 Å². The van der Waals surface area contributed by atoms with Crippen LogP contribution in [0.3, 0.4) is 0 Å². The third-order valence-corrected chi connectivity index (χ3v) is 5.16. The van der Waals surface area contributed by atoms with Crippen LogP contribution in [0.5, 0.6) is 0 Å². The quantitative estimate of drug-likeness (QED) is 0.350. The van der Waals surface area contributed by atoms with Crippen LogP contribution in [0.1, 0.15) is 29.9 Å². The maximum Gasteiger partial charge on any atom is 0.191 e. The van der Waals surface area contributed by atoms with Crippen LogP contribution in [0.25, 0.3) is 0 Å². The summed E-state index contributed by atoms with van der Waals surface area (Å²) in [6.45, 7) is 4.60. The Kier molecular flexibility index (Phi) is 8.70. The number of nitrogens with one attached hydrogen (secondary N) is 2. The molecule has 0 amide bonds. The monoisotopic (exact) mass is 391 g/mol. The fraction of sp³-hybridized carbons (Fsp3) is 0.550. The average molecular weight is 392 g/mol. The minimum Gasteiger partial charge on any atom is -0.469 e. The lowest BCUT2D eigenvalue weighted by atomic mass is 10.2. The minimum atomic E-state index is 0.296. The topological polar surface area (TPSA) is 68.0 Å². The lowest BCUT2D eigenvalue weighted by Crippen LogP contribution is -2.39. The first-order valence-electron chi connectivity index (χ1n) is 9.66. The SMILES string of the molecule is c1coc(CCNC(=NCc2cccs2)NCCCOCC2CCCO2)c1. The number of rotatable bonds is 11. The molecule has 0 bridgehead atoms. The number of furan rings is 1. The Hall–Kier alpha value is -1.83. The zero-order valence-corrected chi connectivity index (χ0v) is 16.5. The van der Waals surface area contributed by atoms with Gasteiger partial charge < -0.3 is 24.5 Å². The van der Waals surface area contributed by atoms with Gasteiger partial charge in [-0.05, 0) is 42.8 Å². The highest BCUT2D eigenvalue weighted by Gasteiger charge is 2.14. The Morgan fingerprint density at radius 3 is 3.00 bits per heavy atom. The first-order chi connectivity index (χ1) is 13.4. The van der Waals surface area contributed by atoms with Gasteiger partial charge in [0, 0.05) is 37.6 Å². The summed E-state index contributed by atoms with van der Waals surface area (Å²) in [5.41, 5.74) is 0. The Morgan fingerprint density at radius 1 is 1.26 bits per heavy atom. The molecule has 148 valence electrons. The van der Waals surface area contributed by atoms with Gasteiger partial charge in [0.15, 0.2) is 5.96 Å². The van der Waals surface area contributed by atoms with E-state index in [1.807, 2.05) is 12.1 Å². The van der Waals surface area contributed by atoms with Gasteiger partial charge >= 0.3 is 0 Å². The van der Waals surface area contributed by atoms with E-state index in [-0.39, 0.29) is 0 Å². The van der Waals surface area contributed by atoms with Gasteiger partial charge in [-0.2, -0.15) is 0 Å². The number of nitrogens with zero attached hydrogens (tertiary/aromatic N) is 1. The summed E-state index contributed by atoms with van der Waals surface area (Å²) < 4.78 is 16.7. The van der Waals surface area contributed by atoms with E-state index in [9.17, 15) is 0 Å². The summed E-state index contributed by atoms with van der Waals surface area (Å²) in [6.07, 6.45) is 6.04. The maximum absolute atomic E-state index is 5.71. The molecule has 0 saturated carbocycles. The van der Waals surface area contributed by atoms with Crippen molar-refractivity contribution in [2.24, 2.45) is 4.99 Å². The Balaban J connectivity index is 1.35. The van der Waals surface area contributed by atoms with Crippen LogP contribution >= 0.6 is 11.3 Å². The van der Waals surface area contributed by atoms with Crippen molar-refractivity contribution in [2.45, 2.75) is 38.3 Å². The summed E-state index contributed by atoms with van der Waals surface area (Å²) >= 11 is 1.72. The second kappa shape index (κ2) is 11.8. The fourth-order valence-electron chi connectivity index (χ4n) is 2.86. The summed E-state index contributed by atoms with van der Waals surface area (Å²) in [7, 11) is 0. The fourth-order valence-corrected chi connectivity index (χ4v) is 3.49. The molecular weight excluding hydrogens is 362 g/mol. The third-order valence-electron chi connectivity index (χ3n) is 4.30. The first-order valence-corrected chi connectivity index (χ1v) is 10.5. The third kappa shape index (κ3) is 7.74. The van der Waals surface area contributed by atoms with Crippen LogP contribution in [0.15, 0.2) is 45.3 Å². The van der Waals surface area contributed by atoms with E-state index < -0.39 is 0 Å². The Labute approximate surface area is 165 Å². The van der Waals surface area contributed by atoms with E-state index in [0.29, 0.717) is 19.3 Å². The highest BCUT2D eigenvalue weighted by Crippen LogP contribution is 2.12. The van der Waals surface area contributed by atoms with E-state index >= 15 is 0 Å². The molecular formula is C20H29N3O3S. The molecule has 1 aliphatic rings. The normalized spacial score (nSPS) is 17.3. The van der Waals surface area contributed by atoms with Gasteiger partial charge in [0.05, 0.1) is 25.5 Å². The number of aliphatic imine (C=N–C) groups is 1. The Bertz CT molecular complexity index is 637. The van der Waals surface area contributed by atoms with Crippen molar-refractivity contribution < 1.29 is 13.9 Å². The zero-order valence-electron chi connectivity index (χ0n) is 15.7. The predicted octanol–water partition coefficient (Wildman–Crippen LogP) is 3.20. The second-order valence-electron chi connectivity index (χ2n) is 6.49. The zero-order chi connectivity index (χ0) is 18.6. The molecule has 0 radical (unpaired) electrons. The van der Waals surface area contributed by atoms with Crippen molar-refractivity contribution in [3.05, 3.63) is 46.5 Å². The van der Waals surface area contributed by atoms with Gasteiger partial charge in [0.25, 0.3) is 0 Å². The van der Waals surface area contributed by atoms with E-state index in [1.165, 1.54) is 4.88 Å². The molecule has 3 heterocycles. The van der Waals surface area contributed by atoms with Gasteiger partial charge in [0.1, 0.15) is 5.76 Å². The van der Waals surface area contributed by atoms with Crippen molar-refractivity contribution in [1.82, 2.24) is 10.6 Å². The molecule has 27 heavy (non-hydrogen) atoms. The molecule has 7 heteroatoms. The highest BCUT2D eigenvalue weighted by atomic mass is 32.1. The lowest BCUT2D eigenvalue weighted by molar-refractivity contribution is 0.0168. The molecule has 0 aliphatic carbocycles. The molecule has 1 atom stereocenters. The van der Waals surface area contributed by atoms with Crippen LogP contribution in [0.4, 0.5) is 0 Å². The standard InChI is InChI=1S/C20H29N3O3S/c1-5-17(25-12-1)8-10-22-20(23-15-19-7-3-14-27-19)21-9-4-11-24-16-18-6-2-13-26-18/h1,3,5,7,12,14,18H,2,4,6,8-11,13,15-16H2,(H2,21,22,23). The molecule has 1 unspecified atom stereocenters. The maximum atomic E-state index is 5.71. The number of hydrogen-bond acceptors (Lipinski definition) is 5. The van der Waals surface area contributed by atoms with Crippen molar-refractivity contribution in [2.75, 3.05) is 32.9 Å². The van der Waals surface area contributed by atoms with Gasteiger partial charge in [-0.1, -0.05) is 6.07 Å². The van der Waals surface area contributed by atoms with E-state index in [1.54, 1.807) is 17.6 Å². The predicted molar refractivity (Wildman–Crippen MR) is 108 cm³/mol. The molecule has 2 aromatic rings. The van der Waals surface area contributed by atoms with Crippen LogP contribution in [-0.4, -0.2) is 45.0 Å². The van der Waals surface area contributed by atoms with Crippen LogP contribution in [0, 0.1) is 0 Å². The van der Waals surface area contributed by atoms with E-state index in [4.69, 9.17) is 13.9 Å².